The molecule has 3 N–H and O–H groups in total. The number of aliphatic carboxylic acids is 1. The third kappa shape index (κ3) is 4.86. The van der Waals surface area contributed by atoms with E-state index in [1.165, 1.54) is 7.05 Å². The van der Waals surface area contributed by atoms with E-state index in [0.29, 0.717) is 18.6 Å². The van der Waals surface area contributed by atoms with Crippen LogP contribution in [0.1, 0.15) is 67.3 Å². The number of rotatable bonds is 8. The Kier molecular flexibility index (Phi) is 6.71. The number of nitrogens with zero attached hydrogens (tertiary/aromatic N) is 1. The van der Waals surface area contributed by atoms with E-state index >= 15 is 0 Å². The molecule has 29 heavy (non-hydrogen) atoms. The average Bonchev–Trinajstić information content (AvgIpc) is 3.53. The summed E-state index contributed by atoms with van der Waals surface area (Å²) in [6, 6.07) is 0.883. The molecular weight excluding hydrogens is 374 g/mol. The van der Waals surface area contributed by atoms with Crippen LogP contribution in [0.15, 0.2) is 12.3 Å². The molecule has 2 fully saturated rings. The molecule has 1 aromatic heterocycles. The Morgan fingerprint density at radius 3 is 2.62 bits per heavy atom. The van der Waals surface area contributed by atoms with Gasteiger partial charge in [-0.3, -0.25) is 9.59 Å². The van der Waals surface area contributed by atoms with Crippen LogP contribution in [0.25, 0.3) is 0 Å². The van der Waals surface area contributed by atoms with Crippen molar-refractivity contribution in [2.45, 2.75) is 57.4 Å². The molecule has 2 aliphatic rings. The summed E-state index contributed by atoms with van der Waals surface area (Å²) in [7, 11) is 1.54. The fraction of sp³-hybridized carbons (Fsp3) is 0.619. The molecule has 1 heterocycles. The van der Waals surface area contributed by atoms with E-state index < -0.39 is 12.0 Å². The van der Waals surface area contributed by atoms with Crippen LogP contribution in [-0.4, -0.2) is 47.6 Å². The van der Waals surface area contributed by atoms with E-state index in [9.17, 15) is 19.5 Å². The van der Waals surface area contributed by atoms with Crippen molar-refractivity contribution in [1.29, 1.82) is 0 Å². The van der Waals surface area contributed by atoms with Crippen LogP contribution in [-0.2, 0) is 9.59 Å². The van der Waals surface area contributed by atoms with Gasteiger partial charge >= 0.3 is 5.97 Å². The van der Waals surface area contributed by atoms with E-state index in [4.69, 9.17) is 4.74 Å². The highest BCUT2D eigenvalue weighted by atomic mass is 16.5. The number of carbonyl (C=O) groups is 3. The monoisotopic (exact) mass is 403 g/mol. The van der Waals surface area contributed by atoms with Crippen LogP contribution < -0.4 is 15.4 Å². The molecule has 8 nitrogen and oxygen atoms in total. The Balaban J connectivity index is 1.68. The summed E-state index contributed by atoms with van der Waals surface area (Å²) < 4.78 is 5.42. The van der Waals surface area contributed by atoms with Gasteiger partial charge in [0.2, 0.25) is 11.8 Å². The molecule has 158 valence electrons. The minimum absolute atomic E-state index is 0.00519. The number of nitrogens with one attached hydrogen (secondary N) is 2. The average molecular weight is 403 g/mol. The van der Waals surface area contributed by atoms with Gasteiger partial charge in [0.25, 0.3) is 5.91 Å². The van der Waals surface area contributed by atoms with Crippen LogP contribution in [0.2, 0.25) is 0 Å². The lowest BCUT2D eigenvalue weighted by atomic mass is 9.84. The zero-order valence-corrected chi connectivity index (χ0v) is 16.9. The number of hydrogen-bond acceptors (Lipinski definition) is 5. The van der Waals surface area contributed by atoms with Crippen LogP contribution >= 0.6 is 0 Å². The van der Waals surface area contributed by atoms with Gasteiger partial charge in [0.05, 0.1) is 6.61 Å². The summed E-state index contributed by atoms with van der Waals surface area (Å²) in [4.78, 5) is 40.8. The molecule has 0 saturated heterocycles. The van der Waals surface area contributed by atoms with E-state index in [2.05, 4.69) is 15.6 Å². The van der Waals surface area contributed by atoms with Gasteiger partial charge in [-0.05, 0) is 49.7 Å². The van der Waals surface area contributed by atoms with Crippen molar-refractivity contribution in [2.24, 2.45) is 11.8 Å². The molecule has 2 amide bonds. The number of ether oxygens (including phenoxy) is 1. The second-order valence-corrected chi connectivity index (χ2v) is 7.80. The van der Waals surface area contributed by atoms with Crippen molar-refractivity contribution in [3.05, 3.63) is 23.4 Å². The van der Waals surface area contributed by atoms with Gasteiger partial charge in [-0.2, -0.15) is 0 Å². The standard InChI is InChI=1S/C21H29N3O5/c1-3-29-20-16(18(25)22-2)9-13(11-23-20)14-10-15(14)19(26)24-17(21(27)28)12-7-5-4-6-8-12/h9,11-12,14-15,17H,3-8,10H2,1-2H3,(H,22,25)(H,24,26)(H,27,28)/t14?,15?,17-/m0/s1. The smallest absolute Gasteiger partial charge is 0.326 e. The molecule has 0 bridgehead atoms. The van der Waals surface area contributed by atoms with Crippen LogP contribution in [0.5, 0.6) is 5.88 Å². The van der Waals surface area contributed by atoms with Gasteiger partial charge < -0.3 is 20.5 Å². The second kappa shape index (κ2) is 9.24. The lowest BCUT2D eigenvalue weighted by Gasteiger charge is -2.28. The maximum Gasteiger partial charge on any atom is 0.326 e. The van der Waals surface area contributed by atoms with Crippen molar-refractivity contribution < 1.29 is 24.2 Å². The third-order valence-corrected chi connectivity index (χ3v) is 5.87. The first-order valence-corrected chi connectivity index (χ1v) is 10.3. The molecule has 0 aromatic carbocycles. The van der Waals surface area contributed by atoms with Crippen LogP contribution in [0.3, 0.4) is 0 Å². The topological polar surface area (TPSA) is 118 Å². The van der Waals surface area contributed by atoms with Crippen molar-refractivity contribution in [1.82, 2.24) is 15.6 Å². The van der Waals surface area contributed by atoms with Gasteiger partial charge in [0.15, 0.2) is 0 Å². The maximum atomic E-state index is 12.7. The first kappa shape index (κ1) is 21.1. The lowest BCUT2D eigenvalue weighted by Crippen LogP contribution is -2.47. The summed E-state index contributed by atoms with van der Waals surface area (Å²) in [5.41, 5.74) is 1.13. The van der Waals surface area contributed by atoms with Crippen molar-refractivity contribution in [3.63, 3.8) is 0 Å². The number of carboxylic acid groups (broad SMARTS) is 1. The van der Waals surface area contributed by atoms with Gasteiger partial charge in [-0.15, -0.1) is 0 Å². The highest BCUT2D eigenvalue weighted by molar-refractivity contribution is 5.96. The molecule has 2 saturated carbocycles. The molecule has 8 heteroatoms. The first-order chi connectivity index (χ1) is 14.0. The van der Waals surface area contributed by atoms with Gasteiger partial charge in [-0.1, -0.05) is 19.3 Å². The zero-order valence-electron chi connectivity index (χ0n) is 16.9. The summed E-state index contributed by atoms with van der Waals surface area (Å²) >= 11 is 0. The molecule has 1 aromatic rings. The van der Waals surface area contributed by atoms with E-state index in [1.54, 1.807) is 12.3 Å². The fourth-order valence-electron chi connectivity index (χ4n) is 4.18. The molecule has 2 unspecified atom stereocenters. The number of pyridine rings is 1. The Hall–Kier alpha value is -2.64. The number of aromatic nitrogens is 1. The Labute approximate surface area is 170 Å². The second-order valence-electron chi connectivity index (χ2n) is 7.80. The van der Waals surface area contributed by atoms with E-state index in [-0.39, 0.29) is 35.4 Å². The molecule has 0 spiro atoms. The summed E-state index contributed by atoms with van der Waals surface area (Å²) in [5.74, 6) is -1.60. The first-order valence-electron chi connectivity index (χ1n) is 10.3. The van der Waals surface area contributed by atoms with Gasteiger partial charge in [-0.25, -0.2) is 9.78 Å². The molecule has 3 atom stereocenters. The Morgan fingerprint density at radius 1 is 1.28 bits per heavy atom. The molecule has 0 radical (unpaired) electrons. The van der Waals surface area contributed by atoms with Gasteiger partial charge in [0, 0.05) is 19.2 Å². The van der Waals surface area contributed by atoms with Crippen LogP contribution in [0.4, 0.5) is 0 Å². The number of amides is 2. The number of carboxylic acids is 1. The van der Waals surface area contributed by atoms with E-state index in [0.717, 1.165) is 37.7 Å². The van der Waals surface area contributed by atoms with Crippen molar-refractivity contribution in [3.8, 4) is 5.88 Å². The SMILES string of the molecule is CCOc1ncc(C2CC2C(=O)N[C@H](C(=O)O)C2CCCCC2)cc1C(=O)NC. The predicted octanol–water partition coefficient (Wildman–Crippen LogP) is 2.09. The molecule has 3 rings (SSSR count). The Bertz CT molecular complexity index is 776. The predicted molar refractivity (Wildman–Crippen MR) is 106 cm³/mol. The summed E-state index contributed by atoms with van der Waals surface area (Å²) in [5, 5.41) is 14.9. The minimum atomic E-state index is -0.966. The maximum absolute atomic E-state index is 12.7. The minimum Gasteiger partial charge on any atom is -0.480 e. The van der Waals surface area contributed by atoms with Crippen LogP contribution in [0, 0.1) is 11.8 Å². The molecule has 0 aliphatic heterocycles. The van der Waals surface area contributed by atoms with Crippen molar-refractivity contribution in [2.75, 3.05) is 13.7 Å². The summed E-state index contributed by atoms with van der Waals surface area (Å²) in [6.45, 7) is 2.21. The number of hydrogen-bond donors (Lipinski definition) is 3. The quantitative estimate of drug-likeness (QED) is 0.612. The normalized spacial score (nSPS) is 22.4. The van der Waals surface area contributed by atoms with Gasteiger partial charge in [0.1, 0.15) is 11.6 Å². The number of carbonyl (C=O) groups excluding carboxylic acids is 2. The molecular formula is C21H29N3O5. The van der Waals surface area contributed by atoms with Crippen molar-refractivity contribution >= 4 is 17.8 Å². The highest BCUT2D eigenvalue weighted by Crippen LogP contribution is 2.48. The lowest BCUT2D eigenvalue weighted by molar-refractivity contribution is -0.144. The highest BCUT2D eigenvalue weighted by Gasteiger charge is 2.46. The zero-order chi connectivity index (χ0) is 21.0. The van der Waals surface area contributed by atoms with E-state index in [1.807, 2.05) is 6.92 Å². The largest absolute Gasteiger partial charge is 0.480 e. The summed E-state index contributed by atoms with van der Waals surface area (Å²) in [6.07, 6.45) is 7.07. The molecule has 2 aliphatic carbocycles. The Morgan fingerprint density at radius 2 is 2.00 bits per heavy atom. The third-order valence-electron chi connectivity index (χ3n) is 5.87. The fourth-order valence-corrected chi connectivity index (χ4v) is 4.18.